The molecule has 0 bridgehead atoms. The zero-order valence-electron chi connectivity index (χ0n) is 39.8. The summed E-state index contributed by atoms with van der Waals surface area (Å²) in [5.41, 5.74) is 0. The molecule has 0 rings (SSSR count). The van der Waals surface area contributed by atoms with E-state index in [-0.39, 0.29) is 24.9 Å². The fourth-order valence-electron chi connectivity index (χ4n) is 7.70. The van der Waals surface area contributed by atoms with Crippen LogP contribution in [0.1, 0.15) is 258 Å². The van der Waals surface area contributed by atoms with Crippen molar-refractivity contribution >= 4 is 11.9 Å². The normalized spacial score (nSPS) is 13.6. The molecule has 6 nitrogen and oxygen atoms in total. The van der Waals surface area contributed by atoms with E-state index in [9.17, 15) is 19.8 Å². The lowest BCUT2D eigenvalue weighted by molar-refractivity contribution is -0.150. The van der Waals surface area contributed by atoms with E-state index in [1.807, 2.05) is 6.08 Å². The summed E-state index contributed by atoms with van der Waals surface area (Å²) in [4.78, 5) is 26.1. The summed E-state index contributed by atoms with van der Waals surface area (Å²) >= 11 is 0. The fourth-order valence-corrected chi connectivity index (χ4v) is 7.70. The van der Waals surface area contributed by atoms with E-state index in [4.69, 9.17) is 4.74 Å². The molecular weight excluding hydrogens is 743 g/mol. The Kier molecular flexibility index (Phi) is 46.1. The maximum absolute atomic E-state index is 13.2. The summed E-state index contributed by atoms with van der Waals surface area (Å²) in [5, 5.41) is 23.7. The highest BCUT2D eigenvalue weighted by Crippen LogP contribution is 2.17. The van der Waals surface area contributed by atoms with Gasteiger partial charge in [-0.25, -0.2) is 0 Å². The standard InChI is InChI=1S/C54H99NO5/c1-4-7-10-13-16-19-22-24-26-28-31-33-36-39-42-45-50(60-54(59)47-44-41-38-35-30-21-18-15-12-9-6-3)48-53(58)55-51(49-56)52(57)46-43-40-37-34-32-29-27-25-23-20-17-14-11-8-5-2/h16,19,24,26,31,33,39,42,50-52,56-57H,4-15,17-18,20-23,25,27-30,32,34-38,40-41,43-49H2,1-3H3,(H,55,58)/b19-16-,26-24-,33-31-,42-39-. The number of unbranched alkanes of at least 4 members (excludes halogenated alkanes) is 27. The van der Waals surface area contributed by atoms with Gasteiger partial charge in [0.15, 0.2) is 0 Å². The van der Waals surface area contributed by atoms with E-state index in [1.54, 1.807) is 0 Å². The van der Waals surface area contributed by atoms with Crippen molar-refractivity contribution in [3.8, 4) is 0 Å². The molecule has 0 heterocycles. The van der Waals surface area contributed by atoms with Crippen molar-refractivity contribution in [1.29, 1.82) is 0 Å². The van der Waals surface area contributed by atoms with Gasteiger partial charge in [0.05, 0.1) is 25.2 Å². The molecule has 0 aliphatic rings. The number of allylic oxidation sites excluding steroid dienone is 7. The summed E-state index contributed by atoms with van der Waals surface area (Å²) in [6.07, 6.45) is 57.6. The van der Waals surface area contributed by atoms with E-state index in [0.717, 1.165) is 57.8 Å². The Hall–Kier alpha value is -2.18. The van der Waals surface area contributed by atoms with Crippen LogP contribution in [0, 0.1) is 0 Å². The SMILES string of the molecule is CCCCC/C=C\C/C=C\C/C=C\C/C=C\CC(CC(=O)NC(CO)C(O)CCCCCCCCCCCCCCCCC)OC(=O)CCCCCCCCCCCCC. The van der Waals surface area contributed by atoms with Gasteiger partial charge in [0.25, 0.3) is 0 Å². The number of hydrogen-bond donors (Lipinski definition) is 3. The predicted octanol–water partition coefficient (Wildman–Crippen LogP) is 15.5. The highest BCUT2D eigenvalue weighted by molar-refractivity contribution is 5.77. The van der Waals surface area contributed by atoms with Gasteiger partial charge in [-0.1, -0.05) is 243 Å². The van der Waals surface area contributed by atoms with Gasteiger partial charge >= 0.3 is 5.97 Å². The molecule has 0 aromatic rings. The van der Waals surface area contributed by atoms with Gasteiger partial charge in [-0.05, 0) is 44.9 Å². The highest BCUT2D eigenvalue weighted by Gasteiger charge is 2.23. The van der Waals surface area contributed by atoms with Crippen molar-refractivity contribution in [2.75, 3.05) is 6.61 Å². The first-order chi connectivity index (χ1) is 29.5. The third-order valence-corrected chi connectivity index (χ3v) is 11.7. The number of carbonyl (C=O) groups is 2. The Morgan fingerprint density at radius 1 is 0.500 bits per heavy atom. The van der Waals surface area contributed by atoms with Crippen LogP contribution in [0.15, 0.2) is 48.6 Å². The van der Waals surface area contributed by atoms with E-state index in [1.165, 1.54) is 154 Å². The molecule has 0 fully saturated rings. The predicted molar refractivity (Wildman–Crippen MR) is 259 cm³/mol. The molecule has 6 heteroatoms. The molecule has 0 aliphatic heterocycles. The zero-order chi connectivity index (χ0) is 43.8. The second-order valence-electron chi connectivity index (χ2n) is 17.6. The van der Waals surface area contributed by atoms with E-state index < -0.39 is 18.2 Å². The maximum Gasteiger partial charge on any atom is 0.306 e. The maximum atomic E-state index is 13.2. The van der Waals surface area contributed by atoms with Crippen LogP contribution in [0.25, 0.3) is 0 Å². The molecule has 0 aromatic heterocycles. The second kappa shape index (κ2) is 47.9. The Labute approximate surface area is 372 Å². The van der Waals surface area contributed by atoms with Crippen molar-refractivity contribution in [3.05, 3.63) is 48.6 Å². The largest absolute Gasteiger partial charge is 0.461 e. The van der Waals surface area contributed by atoms with E-state index in [0.29, 0.717) is 19.3 Å². The first-order valence-corrected chi connectivity index (χ1v) is 25.9. The Balaban J connectivity index is 4.66. The third kappa shape index (κ3) is 42.5. The number of aliphatic hydroxyl groups excluding tert-OH is 2. The summed E-state index contributed by atoms with van der Waals surface area (Å²) in [5.74, 6) is -0.570. The molecule has 3 N–H and O–H groups in total. The minimum atomic E-state index is -0.809. The van der Waals surface area contributed by atoms with E-state index >= 15 is 0 Å². The van der Waals surface area contributed by atoms with Gasteiger partial charge in [-0.2, -0.15) is 0 Å². The first kappa shape index (κ1) is 57.8. The van der Waals surface area contributed by atoms with Crippen molar-refractivity contribution in [2.45, 2.75) is 277 Å². The highest BCUT2D eigenvalue weighted by atomic mass is 16.5. The second-order valence-corrected chi connectivity index (χ2v) is 17.6. The average Bonchev–Trinajstić information content (AvgIpc) is 3.24. The van der Waals surface area contributed by atoms with Gasteiger partial charge < -0.3 is 20.3 Å². The number of aliphatic hydroxyl groups is 2. The molecule has 0 spiro atoms. The van der Waals surface area contributed by atoms with Crippen LogP contribution in [0.3, 0.4) is 0 Å². The number of ether oxygens (including phenoxy) is 1. The Morgan fingerprint density at radius 3 is 1.33 bits per heavy atom. The van der Waals surface area contributed by atoms with Crippen LogP contribution in [-0.2, 0) is 14.3 Å². The van der Waals surface area contributed by atoms with Crippen LogP contribution in [0.5, 0.6) is 0 Å². The number of hydrogen-bond acceptors (Lipinski definition) is 5. The lowest BCUT2D eigenvalue weighted by Gasteiger charge is -2.24. The number of nitrogens with one attached hydrogen (secondary N) is 1. The Bertz CT molecular complexity index is 1040. The zero-order valence-corrected chi connectivity index (χ0v) is 39.8. The van der Waals surface area contributed by atoms with Crippen LogP contribution in [-0.4, -0.2) is 46.9 Å². The van der Waals surface area contributed by atoms with Gasteiger partial charge in [0.1, 0.15) is 6.10 Å². The molecule has 3 atom stereocenters. The molecule has 0 saturated carbocycles. The number of esters is 1. The molecule has 0 aromatic carbocycles. The smallest absolute Gasteiger partial charge is 0.306 e. The molecular formula is C54H99NO5. The van der Waals surface area contributed by atoms with Gasteiger partial charge in [0, 0.05) is 12.8 Å². The molecule has 0 radical (unpaired) electrons. The topological polar surface area (TPSA) is 95.9 Å². The summed E-state index contributed by atoms with van der Waals surface area (Å²) in [6.45, 7) is 6.43. The molecule has 350 valence electrons. The van der Waals surface area contributed by atoms with Crippen molar-refractivity contribution in [3.63, 3.8) is 0 Å². The van der Waals surface area contributed by atoms with Gasteiger partial charge in [0.2, 0.25) is 5.91 Å². The van der Waals surface area contributed by atoms with Gasteiger partial charge in [-0.3, -0.25) is 9.59 Å². The number of carbonyl (C=O) groups excluding carboxylic acids is 2. The minimum absolute atomic E-state index is 0.00417. The third-order valence-electron chi connectivity index (χ3n) is 11.7. The molecule has 0 saturated heterocycles. The summed E-state index contributed by atoms with van der Waals surface area (Å²) in [6, 6.07) is -0.728. The Morgan fingerprint density at radius 2 is 0.883 bits per heavy atom. The number of rotatable bonds is 46. The van der Waals surface area contributed by atoms with Crippen molar-refractivity contribution < 1.29 is 24.5 Å². The molecule has 60 heavy (non-hydrogen) atoms. The van der Waals surface area contributed by atoms with Crippen molar-refractivity contribution in [2.24, 2.45) is 0 Å². The quantitative estimate of drug-likeness (QED) is 0.0322. The average molecular weight is 842 g/mol. The molecule has 1 amide bonds. The lowest BCUT2D eigenvalue weighted by Crippen LogP contribution is -2.46. The van der Waals surface area contributed by atoms with Crippen LogP contribution < -0.4 is 5.32 Å². The van der Waals surface area contributed by atoms with E-state index in [2.05, 4.69) is 68.6 Å². The van der Waals surface area contributed by atoms with Gasteiger partial charge in [-0.15, -0.1) is 0 Å². The number of amides is 1. The monoisotopic (exact) mass is 842 g/mol. The lowest BCUT2D eigenvalue weighted by atomic mass is 10.0. The fraction of sp³-hybridized carbons (Fsp3) is 0.815. The van der Waals surface area contributed by atoms with Crippen LogP contribution in [0.4, 0.5) is 0 Å². The molecule has 0 aliphatic carbocycles. The van der Waals surface area contributed by atoms with Crippen LogP contribution in [0.2, 0.25) is 0 Å². The summed E-state index contributed by atoms with van der Waals surface area (Å²) < 4.78 is 5.86. The van der Waals surface area contributed by atoms with Crippen LogP contribution >= 0.6 is 0 Å². The van der Waals surface area contributed by atoms with Crippen molar-refractivity contribution in [1.82, 2.24) is 5.32 Å². The first-order valence-electron chi connectivity index (χ1n) is 25.9. The molecule has 3 unspecified atom stereocenters. The minimum Gasteiger partial charge on any atom is -0.461 e. The summed E-state index contributed by atoms with van der Waals surface area (Å²) in [7, 11) is 0.